The van der Waals surface area contributed by atoms with Gasteiger partial charge in [-0.2, -0.15) is 0 Å². The van der Waals surface area contributed by atoms with Crippen LogP contribution < -0.4 is 22.1 Å². The first kappa shape index (κ1) is 12.5. The smallest absolute Gasteiger partial charge is 0.148 e. The summed E-state index contributed by atoms with van der Waals surface area (Å²) >= 11 is 0. The Morgan fingerprint density at radius 3 is 2.62 bits per heavy atom. The van der Waals surface area contributed by atoms with E-state index in [1.165, 1.54) is 0 Å². The molecule has 0 aromatic heterocycles. The highest BCUT2D eigenvalue weighted by molar-refractivity contribution is 5.81. The van der Waals surface area contributed by atoms with Crippen LogP contribution in [0, 0.1) is 0 Å². The second-order valence-corrected chi connectivity index (χ2v) is 3.08. The van der Waals surface area contributed by atoms with Crippen molar-refractivity contribution in [1.29, 1.82) is 0 Å². The lowest BCUT2D eigenvalue weighted by atomic mass is 10.1. The summed E-state index contributed by atoms with van der Waals surface area (Å²) in [5.41, 5.74) is 5.38. The molecule has 0 fully saturated rings. The van der Waals surface area contributed by atoms with Crippen LogP contribution in [-0.4, -0.2) is 25.4 Å². The van der Waals surface area contributed by atoms with Crippen molar-refractivity contribution in [3.05, 3.63) is 0 Å². The molecule has 0 saturated carbocycles. The van der Waals surface area contributed by atoms with Crippen molar-refractivity contribution in [2.45, 2.75) is 32.2 Å². The Bertz CT molecular complexity index is 140. The molecule has 0 heterocycles. The summed E-state index contributed by atoms with van der Waals surface area (Å²) in [6.07, 6.45) is 3.00. The first-order valence-corrected chi connectivity index (χ1v) is 4.65. The van der Waals surface area contributed by atoms with E-state index in [2.05, 4.69) is 22.1 Å². The van der Waals surface area contributed by atoms with Gasteiger partial charge >= 0.3 is 0 Å². The van der Waals surface area contributed by atoms with E-state index in [0.29, 0.717) is 0 Å². The number of quaternary nitrogens is 1. The van der Waals surface area contributed by atoms with Crippen molar-refractivity contribution < 1.29 is 10.6 Å². The Balaban J connectivity index is 3.51. The summed E-state index contributed by atoms with van der Waals surface area (Å²) in [6.45, 7) is 2.59. The topological polar surface area (TPSA) is 80.8 Å². The van der Waals surface area contributed by atoms with Crippen LogP contribution in [0.5, 0.6) is 0 Å². The van der Waals surface area contributed by atoms with Crippen LogP contribution >= 0.6 is 0 Å². The van der Waals surface area contributed by atoms with Gasteiger partial charge in [-0.05, 0) is 33.4 Å². The molecule has 0 aliphatic heterocycles. The number of carbonyl (C=O) groups is 1. The highest BCUT2D eigenvalue weighted by atomic mass is 16.1. The molecule has 0 amide bonds. The van der Waals surface area contributed by atoms with Gasteiger partial charge < -0.3 is 5.32 Å². The first-order chi connectivity index (χ1) is 6.22. The molecule has 0 bridgehead atoms. The third-order valence-electron chi connectivity index (χ3n) is 1.94. The van der Waals surface area contributed by atoms with Gasteiger partial charge in [0.1, 0.15) is 5.78 Å². The summed E-state index contributed by atoms with van der Waals surface area (Å²) in [5.74, 6) is 3.58. The summed E-state index contributed by atoms with van der Waals surface area (Å²) < 4.78 is 0. The molecule has 13 heavy (non-hydrogen) atoms. The van der Waals surface area contributed by atoms with Gasteiger partial charge in [-0.25, -0.2) is 5.43 Å². The van der Waals surface area contributed by atoms with Gasteiger partial charge in [-0.3, -0.25) is 10.6 Å². The minimum Gasteiger partial charge on any atom is -0.320 e. The van der Waals surface area contributed by atoms with Crippen molar-refractivity contribution >= 4 is 5.78 Å². The lowest BCUT2D eigenvalue weighted by Gasteiger charge is -2.12. The van der Waals surface area contributed by atoms with Crippen LogP contribution in [0.3, 0.4) is 0 Å². The van der Waals surface area contributed by atoms with E-state index in [1.807, 2.05) is 7.05 Å². The van der Waals surface area contributed by atoms with Gasteiger partial charge in [-0.1, -0.05) is 6.42 Å². The maximum Gasteiger partial charge on any atom is 0.148 e. The number of hydrogen-bond donors (Lipinski definition) is 4. The van der Waals surface area contributed by atoms with Crippen LogP contribution in [0.15, 0.2) is 0 Å². The predicted molar refractivity (Wildman–Crippen MR) is 51.4 cm³/mol. The minimum atomic E-state index is -0.102. The van der Waals surface area contributed by atoms with Crippen molar-refractivity contribution in [1.82, 2.24) is 16.3 Å². The number of rotatable bonds is 8. The first-order valence-electron chi connectivity index (χ1n) is 4.65. The molecule has 0 aromatic rings. The van der Waals surface area contributed by atoms with E-state index >= 15 is 0 Å². The zero-order valence-electron chi connectivity index (χ0n) is 8.52. The van der Waals surface area contributed by atoms with Gasteiger partial charge in [0.25, 0.3) is 0 Å². The van der Waals surface area contributed by atoms with E-state index in [-0.39, 0.29) is 11.8 Å². The molecule has 0 radical (unpaired) electrons. The maximum atomic E-state index is 11.1. The Morgan fingerprint density at radius 1 is 1.46 bits per heavy atom. The minimum absolute atomic E-state index is 0.102. The summed E-state index contributed by atoms with van der Waals surface area (Å²) in [7, 11) is 1.93. The largest absolute Gasteiger partial charge is 0.320 e. The molecule has 0 aromatic carbocycles. The molecule has 0 spiro atoms. The van der Waals surface area contributed by atoms with Crippen molar-refractivity contribution in [3.8, 4) is 0 Å². The van der Waals surface area contributed by atoms with Crippen LogP contribution in [0.1, 0.15) is 26.2 Å². The normalized spacial score (nSPS) is 12.8. The van der Waals surface area contributed by atoms with Crippen molar-refractivity contribution in [2.24, 2.45) is 0 Å². The van der Waals surface area contributed by atoms with E-state index < -0.39 is 0 Å². The molecule has 0 rings (SSSR count). The highest BCUT2D eigenvalue weighted by Gasteiger charge is 2.12. The number of hydrogen-bond acceptors (Lipinski definition) is 4. The zero-order chi connectivity index (χ0) is 10.1. The van der Waals surface area contributed by atoms with E-state index in [0.717, 1.165) is 25.8 Å². The monoisotopic (exact) mass is 189 g/mol. The molecule has 5 heteroatoms. The van der Waals surface area contributed by atoms with Gasteiger partial charge in [0, 0.05) is 0 Å². The maximum absolute atomic E-state index is 11.1. The van der Waals surface area contributed by atoms with E-state index in [9.17, 15) is 4.79 Å². The summed E-state index contributed by atoms with van der Waals surface area (Å²) in [5, 5.41) is 3.07. The Labute approximate surface area is 79.4 Å². The molecule has 1 atom stereocenters. The second-order valence-electron chi connectivity index (χ2n) is 3.08. The van der Waals surface area contributed by atoms with Crippen LogP contribution in [-0.2, 0) is 4.79 Å². The molecule has 5 nitrogen and oxygen atoms in total. The predicted octanol–water partition coefficient (Wildman–Crippen LogP) is -1.42. The fourth-order valence-corrected chi connectivity index (χ4v) is 1.15. The van der Waals surface area contributed by atoms with Crippen LogP contribution in [0.4, 0.5) is 0 Å². The van der Waals surface area contributed by atoms with Gasteiger partial charge in [-0.15, -0.1) is 5.53 Å². The average Bonchev–Trinajstić information content (AvgIpc) is 2.10. The zero-order valence-corrected chi connectivity index (χ0v) is 8.52. The average molecular weight is 189 g/mol. The van der Waals surface area contributed by atoms with Gasteiger partial charge in [0.05, 0.1) is 6.04 Å². The molecule has 6 N–H and O–H groups in total. The molecular weight excluding hydrogens is 168 g/mol. The van der Waals surface area contributed by atoms with E-state index in [4.69, 9.17) is 0 Å². The third kappa shape index (κ3) is 6.65. The number of unbranched alkanes of at least 4 members (excludes halogenated alkanes) is 1. The quantitative estimate of drug-likeness (QED) is 0.279. The van der Waals surface area contributed by atoms with Crippen LogP contribution in [0.25, 0.3) is 0 Å². The fourth-order valence-electron chi connectivity index (χ4n) is 1.15. The molecule has 0 aliphatic carbocycles. The number of nitrogens with one attached hydrogen (secondary N) is 3. The molecular formula is C8H21N4O+. The number of hydrazine groups is 1. The SMILES string of the molecule is CNCCCCC(NN[NH3+])C(C)=O. The molecule has 1 unspecified atom stereocenters. The van der Waals surface area contributed by atoms with E-state index in [1.54, 1.807) is 6.92 Å². The third-order valence-corrected chi connectivity index (χ3v) is 1.94. The molecule has 78 valence electrons. The standard InChI is InChI=1S/C8H20N4O/c1-7(13)8(11-12-9)5-3-4-6-10-2/h8,10-12H,3-6,9H2,1-2H3/p+1. The van der Waals surface area contributed by atoms with Crippen LogP contribution in [0.2, 0.25) is 0 Å². The fraction of sp³-hybridized carbons (Fsp3) is 0.875. The Morgan fingerprint density at radius 2 is 2.15 bits per heavy atom. The van der Waals surface area contributed by atoms with Crippen molar-refractivity contribution in [2.75, 3.05) is 13.6 Å². The molecule has 0 saturated heterocycles. The highest BCUT2D eigenvalue weighted by Crippen LogP contribution is 2.00. The second kappa shape index (κ2) is 8.12. The van der Waals surface area contributed by atoms with Crippen molar-refractivity contribution in [3.63, 3.8) is 0 Å². The lowest BCUT2D eigenvalue weighted by molar-refractivity contribution is -0.458. The van der Waals surface area contributed by atoms with Gasteiger partial charge in [0.2, 0.25) is 0 Å². The summed E-state index contributed by atoms with van der Waals surface area (Å²) in [6, 6.07) is -0.102. The number of Topliss-reactive ketones (excluding diaryl/α,β-unsaturated/α-hetero) is 1. The number of ketones is 1. The Kier molecular flexibility index (Phi) is 7.82. The lowest BCUT2D eigenvalue weighted by Crippen LogP contribution is -2.72. The number of carbonyl (C=O) groups excluding carboxylic acids is 1. The van der Waals surface area contributed by atoms with Gasteiger partial charge in [0.15, 0.2) is 0 Å². The molecule has 0 aliphatic rings. The summed E-state index contributed by atoms with van der Waals surface area (Å²) in [4.78, 5) is 11.1. The Hall–Kier alpha value is -0.490.